The fourth-order valence-electron chi connectivity index (χ4n) is 3.02. The second kappa shape index (κ2) is 9.11. The Kier molecular flexibility index (Phi) is 7.08. The number of carbonyl (C=O) groups excluding carboxylic acids is 3. The van der Waals surface area contributed by atoms with Gasteiger partial charge in [0.1, 0.15) is 12.1 Å². The molecular weight excluding hydrogens is 388 g/mol. The van der Waals surface area contributed by atoms with E-state index in [2.05, 4.69) is 10.3 Å². The van der Waals surface area contributed by atoms with E-state index in [0.717, 1.165) is 10.6 Å². The highest BCUT2D eigenvalue weighted by molar-refractivity contribution is 7.88. The van der Waals surface area contributed by atoms with Crippen molar-refractivity contribution in [3.63, 3.8) is 0 Å². The Labute approximate surface area is 163 Å². The van der Waals surface area contributed by atoms with Crippen LogP contribution in [0.1, 0.15) is 12.5 Å². The van der Waals surface area contributed by atoms with Crippen molar-refractivity contribution in [2.75, 3.05) is 33.0 Å². The fraction of sp³-hybridized carbons (Fsp3) is 0.529. The monoisotopic (exact) mass is 412 g/mol. The molecule has 2 atom stereocenters. The summed E-state index contributed by atoms with van der Waals surface area (Å²) in [4.78, 5) is 42.2. The predicted molar refractivity (Wildman–Crippen MR) is 99.5 cm³/mol. The smallest absolute Gasteiger partial charge is 0.328 e. The number of sulfonamides is 1. The summed E-state index contributed by atoms with van der Waals surface area (Å²) >= 11 is 0. The first-order chi connectivity index (χ1) is 13.1. The molecular formula is C17H24N4O6S. The standard InChI is InChI=1S/C17H24N4O6S/c1-12(22)21-8-7-20(28(3,25)26)11-15(21)16(23)19-14(17(24)27-2)9-13-5-4-6-18-10-13/h4-6,10,14-15H,7-9,11H2,1-3H3,(H,19,23). The zero-order valence-electron chi connectivity index (χ0n) is 16.0. The first-order valence-corrected chi connectivity index (χ1v) is 10.5. The number of piperazine rings is 1. The zero-order valence-corrected chi connectivity index (χ0v) is 16.8. The van der Waals surface area contributed by atoms with Gasteiger partial charge < -0.3 is 15.0 Å². The number of carbonyl (C=O) groups is 3. The van der Waals surface area contributed by atoms with Gasteiger partial charge in [-0.1, -0.05) is 6.07 Å². The summed E-state index contributed by atoms with van der Waals surface area (Å²) in [5, 5.41) is 2.59. The van der Waals surface area contributed by atoms with Gasteiger partial charge in [0.25, 0.3) is 0 Å². The lowest BCUT2D eigenvalue weighted by Gasteiger charge is -2.39. The van der Waals surface area contributed by atoms with Crippen molar-refractivity contribution in [3.05, 3.63) is 30.1 Å². The zero-order chi connectivity index (χ0) is 20.9. The molecule has 0 spiro atoms. The van der Waals surface area contributed by atoms with E-state index in [1.54, 1.807) is 24.5 Å². The molecule has 1 aromatic rings. The van der Waals surface area contributed by atoms with Gasteiger partial charge in [-0.2, -0.15) is 4.31 Å². The summed E-state index contributed by atoms with van der Waals surface area (Å²) in [5.41, 5.74) is 0.711. The van der Waals surface area contributed by atoms with Crippen LogP contribution in [0.15, 0.2) is 24.5 Å². The van der Waals surface area contributed by atoms with E-state index in [4.69, 9.17) is 4.74 Å². The molecule has 1 fully saturated rings. The Hall–Kier alpha value is -2.53. The minimum Gasteiger partial charge on any atom is -0.467 e. The number of methoxy groups -OCH3 is 1. The summed E-state index contributed by atoms with van der Waals surface area (Å²) in [7, 11) is -2.32. The van der Waals surface area contributed by atoms with Crippen LogP contribution in [0.4, 0.5) is 0 Å². The van der Waals surface area contributed by atoms with E-state index < -0.39 is 34.0 Å². The number of rotatable bonds is 6. The van der Waals surface area contributed by atoms with Gasteiger partial charge in [-0.15, -0.1) is 0 Å². The number of ether oxygens (including phenoxy) is 1. The fourth-order valence-corrected chi connectivity index (χ4v) is 3.84. The van der Waals surface area contributed by atoms with E-state index >= 15 is 0 Å². The van der Waals surface area contributed by atoms with Crippen LogP contribution in [0.25, 0.3) is 0 Å². The molecule has 154 valence electrons. The van der Waals surface area contributed by atoms with Crippen molar-refractivity contribution in [1.29, 1.82) is 0 Å². The first kappa shape index (κ1) is 21.8. The SMILES string of the molecule is COC(=O)C(Cc1cccnc1)NC(=O)C1CN(S(C)(=O)=O)CCN1C(C)=O. The largest absolute Gasteiger partial charge is 0.467 e. The van der Waals surface area contributed by atoms with Crippen LogP contribution in [0.5, 0.6) is 0 Å². The summed E-state index contributed by atoms with van der Waals surface area (Å²) < 4.78 is 29.6. The summed E-state index contributed by atoms with van der Waals surface area (Å²) in [6, 6.07) is 1.42. The molecule has 2 unspecified atom stereocenters. The van der Waals surface area contributed by atoms with Crippen LogP contribution < -0.4 is 5.32 Å². The normalized spacial score (nSPS) is 19.0. The lowest BCUT2D eigenvalue weighted by Crippen LogP contribution is -2.62. The maximum atomic E-state index is 12.9. The average molecular weight is 412 g/mol. The van der Waals surface area contributed by atoms with Crippen LogP contribution in [-0.4, -0.2) is 85.5 Å². The van der Waals surface area contributed by atoms with Crippen molar-refractivity contribution in [2.45, 2.75) is 25.4 Å². The highest BCUT2D eigenvalue weighted by Crippen LogP contribution is 2.14. The Morgan fingerprint density at radius 1 is 1.36 bits per heavy atom. The van der Waals surface area contributed by atoms with Crippen LogP contribution >= 0.6 is 0 Å². The molecule has 1 aromatic heterocycles. The second-order valence-corrected chi connectivity index (χ2v) is 8.48. The molecule has 1 N–H and O–H groups in total. The third-order valence-corrected chi connectivity index (χ3v) is 5.75. The number of nitrogens with one attached hydrogen (secondary N) is 1. The van der Waals surface area contributed by atoms with Gasteiger partial charge in [0.2, 0.25) is 21.8 Å². The number of esters is 1. The van der Waals surface area contributed by atoms with Gasteiger partial charge in [-0.25, -0.2) is 13.2 Å². The number of hydrogen-bond acceptors (Lipinski definition) is 7. The van der Waals surface area contributed by atoms with Gasteiger partial charge in [-0.3, -0.25) is 14.6 Å². The lowest BCUT2D eigenvalue weighted by molar-refractivity contribution is -0.147. The van der Waals surface area contributed by atoms with Crippen molar-refractivity contribution < 1.29 is 27.5 Å². The van der Waals surface area contributed by atoms with Gasteiger partial charge in [0, 0.05) is 45.4 Å². The molecule has 2 amide bonds. The van der Waals surface area contributed by atoms with E-state index in [0.29, 0.717) is 5.56 Å². The minimum absolute atomic E-state index is 0.0893. The molecule has 0 aliphatic carbocycles. The van der Waals surface area contributed by atoms with Crippen molar-refractivity contribution >= 4 is 27.8 Å². The minimum atomic E-state index is -3.52. The van der Waals surface area contributed by atoms with E-state index in [1.165, 1.54) is 18.9 Å². The number of pyridine rings is 1. The third kappa shape index (κ3) is 5.49. The third-order valence-electron chi connectivity index (χ3n) is 4.48. The highest BCUT2D eigenvalue weighted by Gasteiger charge is 2.38. The Morgan fingerprint density at radius 3 is 2.61 bits per heavy atom. The van der Waals surface area contributed by atoms with Crippen LogP contribution in [0.2, 0.25) is 0 Å². The first-order valence-electron chi connectivity index (χ1n) is 8.63. The summed E-state index contributed by atoms with van der Waals surface area (Å²) in [5.74, 6) is -1.62. The molecule has 0 saturated carbocycles. The summed E-state index contributed by atoms with van der Waals surface area (Å²) in [6.45, 7) is 1.33. The highest BCUT2D eigenvalue weighted by atomic mass is 32.2. The van der Waals surface area contributed by atoms with E-state index in [9.17, 15) is 22.8 Å². The van der Waals surface area contributed by atoms with E-state index in [-0.39, 0.29) is 32.0 Å². The maximum Gasteiger partial charge on any atom is 0.328 e. The van der Waals surface area contributed by atoms with Gasteiger partial charge >= 0.3 is 5.97 Å². The molecule has 1 aliphatic heterocycles. The molecule has 0 aromatic carbocycles. The number of amides is 2. The molecule has 0 radical (unpaired) electrons. The molecule has 2 heterocycles. The Bertz CT molecular complexity index is 829. The second-order valence-electron chi connectivity index (χ2n) is 6.50. The summed E-state index contributed by atoms with van der Waals surface area (Å²) in [6.07, 6.45) is 4.34. The van der Waals surface area contributed by atoms with Crippen molar-refractivity contribution in [1.82, 2.24) is 19.5 Å². The molecule has 28 heavy (non-hydrogen) atoms. The molecule has 11 heteroatoms. The van der Waals surface area contributed by atoms with Crippen LogP contribution in [-0.2, 0) is 35.6 Å². The van der Waals surface area contributed by atoms with Gasteiger partial charge in [0.15, 0.2) is 0 Å². The Morgan fingerprint density at radius 2 is 2.07 bits per heavy atom. The van der Waals surface area contributed by atoms with E-state index in [1.807, 2.05) is 0 Å². The molecule has 1 aliphatic rings. The molecule has 2 rings (SSSR count). The molecule has 1 saturated heterocycles. The Balaban J connectivity index is 2.20. The predicted octanol–water partition coefficient (Wildman–Crippen LogP) is -1.23. The molecule has 10 nitrogen and oxygen atoms in total. The van der Waals surface area contributed by atoms with Crippen LogP contribution in [0, 0.1) is 0 Å². The maximum absolute atomic E-state index is 12.9. The quantitative estimate of drug-likeness (QED) is 0.580. The number of aromatic nitrogens is 1. The lowest BCUT2D eigenvalue weighted by atomic mass is 10.1. The number of nitrogens with zero attached hydrogens (tertiary/aromatic N) is 3. The average Bonchev–Trinajstić information content (AvgIpc) is 2.66. The van der Waals surface area contributed by atoms with Crippen LogP contribution in [0.3, 0.4) is 0 Å². The topological polar surface area (TPSA) is 126 Å². The van der Waals surface area contributed by atoms with Gasteiger partial charge in [-0.05, 0) is 11.6 Å². The number of hydrogen-bond donors (Lipinski definition) is 1. The van der Waals surface area contributed by atoms with Crippen molar-refractivity contribution in [3.8, 4) is 0 Å². The van der Waals surface area contributed by atoms with Crippen molar-refractivity contribution in [2.24, 2.45) is 0 Å². The van der Waals surface area contributed by atoms with Gasteiger partial charge in [0.05, 0.1) is 13.4 Å². The molecule has 0 bridgehead atoms.